The number of nitrogens with two attached hydrogens (primary N) is 1. The van der Waals surface area contributed by atoms with Crippen LogP contribution in [0.25, 0.3) is 0 Å². The molecule has 0 bridgehead atoms. The molecular weight excluding hydrogens is 401 g/mol. The maximum atomic E-state index is 14.2. The smallest absolute Gasteiger partial charge is 0.163 e. The van der Waals surface area contributed by atoms with Gasteiger partial charge in [-0.05, 0) is 26.3 Å². The Hall–Kier alpha value is -1.55. The molecule has 9 heteroatoms. The number of benzene rings is 1. The zero-order chi connectivity index (χ0) is 20.9. The molecule has 0 aliphatic carbocycles. The molecule has 3 atom stereocenters. The number of fused-ring (bicyclic) bond motifs is 1. The Bertz CT molecular complexity index is 890. The first-order valence-electron chi connectivity index (χ1n) is 9.64. The van der Waals surface area contributed by atoms with Crippen LogP contribution in [0.2, 0.25) is 0 Å². The molecule has 0 spiro atoms. The van der Waals surface area contributed by atoms with Crippen molar-refractivity contribution in [2.24, 2.45) is 5.73 Å². The molecule has 2 aliphatic heterocycles. The van der Waals surface area contributed by atoms with E-state index < -0.39 is 34.3 Å². The number of halogens is 3. The molecule has 2 aromatic rings. The van der Waals surface area contributed by atoms with E-state index in [1.807, 2.05) is 6.20 Å². The van der Waals surface area contributed by atoms with Gasteiger partial charge in [-0.2, -0.15) is 16.9 Å². The third-order valence-corrected chi connectivity index (χ3v) is 6.99. The molecule has 3 heterocycles. The highest BCUT2D eigenvalue weighted by Gasteiger charge is 2.37. The van der Waals surface area contributed by atoms with E-state index in [1.165, 1.54) is 11.8 Å². The zero-order valence-corrected chi connectivity index (χ0v) is 17.2. The van der Waals surface area contributed by atoms with E-state index in [1.54, 1.807) is 18.5 Å². The summed E-state index contributed by atoms with van der Waals surface area (Å²) < 4.78 is 43.1. The van der Waals surface area contributed by atoms with Crippen molar-refractivity contribution in [2.75, 3.05) is 5.75 Å². The fourth-order valence-electron chi connectivity index (χ4n) is 4.17. The number of rotatable bonds is 4. The van der Waals surface area contributed by atoms with Gasteiger partial charge in [0.2, 0.25) is 0 Å². The molecule has 0 amide bonds. The summed E-state index contributed by atoms with van der Waals surface area (Å²) in [6.07, 6.45) is 2.58. The zero-order valence-electron chi connectivity index (χ0n) is 16.4. The van der Waals surface area contributed by atoms with Crippen LogP contribution in [0.3, 0.4) is 0 Å². The number of thioether (sulfide) groups is 1. The molecule has 3 N–H and O–H groups in total. The average molecular weight is 427 g/mol. The number of aliphatic hydroxyl groups is 1. The topological polar surface area (TPSA) is 67.3 Å². The molecule has 0 saturated carbocycles. The summed E-state index contributed by atoms with van der Waals surface area (Å²) in [4.78, 5) is 2.29. The van der Waals surface area contributed by atoms with Gasteiger partial charge in [0, 0.05) is 59.6 Å². The third-order valence-electron chi connectivity index (χ3n) is 5.45. The molecule has 0 radical (unpaired) electrons. The van der Waals surface area contributed by atoms with E-state index >= 15 is 0 Å². The van der Waals surface area contributed by atoms with Crippen LogP contribution in [-0.4, -0.2) is 43.2 Å². The van der Waals surface area contributed by atoms with Crippen LogP contribution < -0.4 is 5.73 Å². The molecule has 2 aliphatic rings. The van der Waals surface area contributed by atoms with Crippen molar-refractivity contribution in [1.82, 2.24) is 14.7 Å². The number of hydrogen-bond acceptors (Lipinski definition) is 5. The van der Waals surface area contributed by atoms with Crippen molar-refractivity contribution in [3.05, 3.63) is 52.6 Å². The largest absolute Gasteiger partial charge is 0.389 e. The van der Waals surface area contributed by atoms with Gasteiger partial charge < -0.3 is 10.8 Å². The second-order valence-corrected chi connectivity index (χ2v) is 9.79. The van der Waals surface area contributed by atoms with Crippen LogP contribution >= 0.6 is 11.8 Å². The Morgan fingerprint density at radius 1 is 1.28 bits per heavy atom. The van der Waals surface area contributed by atoms with Crippen LogP contribution in [0.4, 0.5) is 13.2 Å². The van der Waals surface area contributed by atoms with Crippen molar-refractivity contribution >= 4 is 11.8 Å². The minimum atomic E-state index is -1.18. The van der Waals surface area contributed by atoms with Crippen LogP contribution in [-0.2, 0) is 19.6 Å². The summed E-state index contributed by atoms with van der Waals surface area (Å²) in [5, 5.41) is 14.1. The van der Waals surface area contributed by atoms with Crippen molar-refractivity contribution in [3.8, 4) is 0 Å². The third kappa shape index (κ3) is 4.33. The summed E-state index contributed by atoms with van der Waals surface area (Å²) >= 11 is 1.44. The monoisotopic (exact) mass is 426 g/mol. The lowest BCUT2D eigenvalue weighted by Crippen LogP contribution is -2.44. The lowest BCUT2D eigenvalue weighted by molar-refractivity contribution is 0.0572. The highest BCUT2D eigenvalue weighted by molar-refractivity contribution is 7.99. The summed E-state index contributed by atoms with van der Waals surface area (Å²) in [7, 11) is 0. The predicted molar refractivity (Wildman–Crippen MR) is 106 cm³/mol. The van der Waals surface area contributed by atoms with Crippen molar-refractivity contribution in [2.45, 2.75) is 62.8 Å². The normalized spacial score (nSPS) is 25.4. The van der Waals surface area contributed by atoms with Gasteiger partial charge in [0.15, 0.2) is 11.6 Å². The Labute approximate surface area is 172 Å². The highest BCUT2D eigenvalue weighted by Crippen LogP contribution is 2.42. The first-order valence-corrected chi connectivity index (χ1v) is 10.7. The molecule has 29 heavy (non-hydrogen) atoms. The van der Waals surface area contributed by atoms with Gasteiger partial charge >= 0.3 is 0 Å². The molecule has 5 nitrogen and oxygen atoms in total. The van der Waals surface area contributed by atoms with Gasteiger partial charge in [0.25, 0.3) is 0 Å². The highest BCUT2D eigenvalue weighted by atomic mass is 32.2. The lowest BCUT2D eigenvalue weighted by Gasteiger charge is -2.38. The lowest BCUT2D eigenvalue weighted by atomic mass is 9.98. The van der Waals surface area contributed by atoms with Crippen molar-refractivity contribution in [3.63, 3.8) is 0 Å². The molecule has 1 aromatic heterocycles. The quantitative estimate of drug-likeness (QED) is 0.736. The summed E-state index contributed by atoms with van der Waals surface area (Å²) in [5.41, 5.74) is 7.61. The summed E-state index contributed by atoms with van der Waals surface area (Å²) in [6, 6.07) is 1.38. The minimum Gasteiger partial charge on any atom is -0.389 e. The van der Waals surface area contributed by atoms with Gasteiger partial charge in [-0.3, -0.25) is 9.58 Å². The van der Waals surface area contributed by atoms with E-state index in [2.05, 4.69) is 10.00 Å². The number of hydrogen-bond donors (Lipinski definition) is 2. The first-order chi connectivity index (χ1) is 13.6. The maximum absolute atomic E-state index is 14.2. The van der Waals surface area contributed by atoms with E-state index in [-0.39, 0.29) is 11.6 Å². The van der Waals surface area contributed by atoms with Gasteiger partial charge in [-0.1, -0.05) is 0 Å². The van der Waals surface area contributed by atoms with Gasteiger partial charge in [-0.25, -0.2) is 13.2 Å². The first kappa shape index (κ1) is 20.7. The average Bonchev–Trinajstić information content (AvgIpc) is 3.15. The van der Waals surface area contributed by atoms with E-state index in [9.17, 15) is 18.3 Å². The molecule has 1 fully saturated rings. The van der Waals surface area contributed by atoms with Crippen molar-refractivity contribution < 1.29 is 18.3 Å². The fraction of sp³-hybridized carbons (Fsp3) is 0.550. The minimum absolute atomic E-state index is 0.00563. The van der Waals surface area contributed by atoms with E-state index in [0.717, 1.165) is 23.9 Å². The molecule has 158 valence electrons. The van der Waals surface area contributed by atoms with Gasteiger partial charge in [0.05, 0.1) is 17.8 Å². The SMILES string of the molecule is CC(C)(O)Cn1cc2c(n1)CN(C1CS[C@@H](c3cc(F)cc(F)c3F)C(N)C1)C2. The van der Waals surface area contributed by atoms with Crippen LogP contribution in [0.15, 0.2) is 18.3 Å². The van der Waals surface area contributed by atoms with Crippen LogP contribution in [0.5, 0.6) is 0 Å². The molecular formula is C20H25F3N4OS. The molecule has 1 aromatic carbocycles. The Morgan fingerprint density at radius 2 is 2.03 bits per heavy atom. The van der Waals surface area contributed by atoms with E-state index in [4.69, 9.17) is 5.73 Å². The van der Waals surface area contributed by atoms with Gasteiger partial charge in [-0.15, -0.1) is 0 Å². The molecule has 2 unspecified atom stereocenters. The Kier molecular flexibility index (Phi) is 5.43. The molecule has 1 saturated heterocycles. The summed E-state index contributed by atoms with van der Waals surface area (Å²) in [6.45, 7) is 5.36. The fourth-order valence-corrected chi connectivity index (χ4v) is 5.66. The Balaban J connectivity index is 1.41. The van der Waals surface area contributed by atoms with Crippen LogP contribution in [0, 0.1) is 17.5 Å². The number of aromatic nitrogens is 2. The number of nitrogens with zero attached hydrogens (tertiary/aromatic N) is 3. The second kappa shape index (κ2) is 7.61. The predicted octanol–water partition coefficient (Wildman–Crippen LogP) is 2.96. The van der Waals surface area contributed by atoms with Gasteiger partial charge in [0.1, 0.15) is 5.82 Å². The van der Waals surface area contributed by atoms with Crippen LogP contribution in [0.1, 0.15) is 42.3 Å². The Morgan fingerprint density at radius 3 is 2.69 bits per heavy atom. The summed E-state index contributed by atoms with van der Waals surface area (Å²) in [5.74, 6) is -2.28. The standard InChI is InChI=1S/C20H25F3N4OS/c1-20(2,28)10-27-7-11-6-26(8-17(11)25-27)13-5-16(24)19(29-9-13)14-3-12(21)4-15(22)18(14)23/h3-4,7,13,16,19,28H,5-6,8-10,24H2,1-2H3/t13?,16?,19-/m0/s1. The van der Waals surface area contributed by atoms with E-state index in [0.29, 0.717) is 31.3 Å². The molecule has 4 rings (SSSR count). The van der Waals surface area contributed by atoms with Crippen molar-refractivity contribution in [1.29, 1.82) is 0 Å². The second-order valence-electron chi connectivity index (χ2n) is 8.61. The maximum Gasteiger partial charge on any atom is 0.163 e.